The minimum Gasteiger partial charge on any atom is -0.484 e. The lowest BCUT2D eigenvalue weighted by molar-refractivity contribution is -0.153. The van der Waals surface area contributed by atoms with Crippen molar-refractivity contribution in [1.29, 1.82) is 0 Å². The molecule has 2 bridgehead atoms. The molecule has 10 heteroatoms. The fourth-order valence-corrected chi connectivity index (χ4v) is 5.47. The highest BCUT2D eigenvalue weighted by atomic mass is 35.5. The molecule has 2 aliphatic heterocycles. The zero-order chi connectivity index (χ0) is 20.9. The predicted molar refractivity (Wildman–Crippen MR) is 107 cm³/mol. The van der Waals surface area contributed by atoms with Gasteiger partial charge >= 0.3 is 0 Å². The fourth-order valence-electron chi connectivity index (χ4n) is 5.35. The fraction of sp³-hybridized carbons (Fsp3) is 0.600. The molecule has 6 rings (SSSR count). The van der Waals surface area contributed by atoms with Crippen molar-refractivity contribution in [3.05, 3.63) is 29.0 Å². The Kier molecular flexibility index (Phi) is 4.89. The van der Waals surface area contributed by atoms with Gasteiger partial charge in [0, 0.05) is 36.2 Å². The molecule has 0 radical (unpaired) electrons. The molecule has 2 saturated heterocycles. The van der Waals surface area contributed by atoms with Gasteiger partial charge in [-0.05, 0) is 37.8 Å². The van der Waals surface area contributed by atoms with Crippen LogP contribution < -0.4 is 31.5 Å². The molecule has 3 saturated carbocycles. The van der Waals surface area contributed by atoms with E-state index in [1.54, 1.807) is 0 Å². The normalized spacial score (nSPS) is 36.1. The van der Waals surface area contributed by atoms with Crippen LogP contribution in [0.15, 0.2) is 18.2 Å². The molecule has 5 fully saturated rings. The maximum Gasteiger partial charge on any atom is 0.258 e. The van der Waals surface area contributed by atoms with E-state index in [0.29, 0.717) is 12.5 Å². The third-order valence-electron chi connectivity index (χ3n) is 6.72. The standard InChI is InChI=1S/C20H25ClFN5O3/c21-14-2-1-13(4-15(14)22)30-7-16(28)25-19-8-20(9-19,10-19)26-18(29)12-3-11-6-24-27-17(11)23-5-12/h1-2,4,11-12,17,23-24,27H,3,5-10H2,(H,25,28)(H,26,29). The Morgan fingerprint density at radius 3 is 2.73 bits per heavy atom. The highest BCUT2D eigenvalue weighted by Gasteiger charge is 2.69. The minimum atomic E-state index is -0.587. The third kappa shape index (κ3) is 3.64. The van der Waals surface area contributed by atoms with Crippen molar-refractivity contribution in [1.82, 2.24) is 26.8 Å². The van der Waals surface area contributed by atoms with E-state index in [4.69, 9.17) is 16.3 Å². The van der Waals surface area contributed by atoms with Crippen molar-refractivity contribution >= 4 is 23.4 Å². The lowest BCUT2D eigenvalue weighted by Crippen LogP contribution is -2.84. The van der Waals surface area contributed by atoms with E-state index in [0.717, 1.165) is 38.3 Å². The van der Waals surface area contributed by atoms with Crippen LogP contribution in [0.5, 0.6) is 5.75 Å². The zero-order valence-corrected chi connectivity index (χ0v) is 17.2. The molecule has 0 spiro atoms. The maximum absolute atomic E-state index is 13.4. The Bertz CT molecular complexity index is 864. The average Bonchev–Trinajstić information content (AvgIpc) is 3.14. The quantitative estimate of drug-likeness (QED) is 0.442. The smallest absolute Gasteiger partial charge is 0.258 e. The first kappa shape index (κ1) is 20.0. The lowest BCUT2D eigenvalue weighted by atomic mass is 9.44. The number of halogens is 2. The number of amides is 2. The van der Waals surface area contributed by atoms with Gasteiger partial charge in [0.15, 0.2) is 6.61 Å². The van der Waals surface area contributed by atoms with Gasteiger partial charge in [0.25, 0.3) is 5.91 Å². The van der Waals surface area contributed by atoms with E-state index >= 15 is 0 Å². The first-order valence-corrected chi connectivity index (χ1v) is 10.7. The summed E-state index contributed by atoms with van der Waals surface area (Å²) < 4.78 is 18.8. The second-order valence-corrected chi connectivity index (χ2v) is 9.50. The summed E-state index contributed by atoms with van der Waals surface area (Å²) in [6.45, 7) is 1.34. The molecule has 0 aromatic heterocycles. The van der Waals surface area contributed by atoms with Crippen molar-refractivity contribution in [2.45, 2.75) is 42.9 Å². The molecular formula is C20H25ClFN5O3. The summed E-state index contributed by atoms with van der Waals surface area (Å²) in [6.07, 6.45) is 3.33. The molecule has 30 heavy (non-hydrogen) atoms. The van der Waals surface area contributed by atoms with Gasteiger partial charge in [-0.3, -0.25) is 20.3 Å². The summed E-state index contributed by atoms with van der Waals surface area (Å²) in [4.78, 5) is 24.9. The van der Waals surface area contributed by atoms with Gasteiger partial charge in [0.05, 0.1) is 17.1 Å². The third-order valence-corrected chi connectivity index (χ3v) is 7.03. The Morgan fingerprint density at radius 2 is 1.97 bits per heavy atom. The molecule has 3 aliphatic carbocycles. The second-order valence-electron chi connectivity index (χ2n) is 9.10. The largest absolute Gasteiger partial charge is 0.484 e. The number of carbonyl (C=O) groups is 2. The maximum atomic E-state index is 13.4. The van der Waals surface area contributed by atoms with Crippen LogP contribution in [0.25, 0.3) is 0 Å². The summed E-state index contributed by atoms with van der Waals surface area (Å²) in [7, 11) is 0. The van der Waals surface area contributed by atoms with E-state index in [9.17, 15) is 14.0 Å². The summed E-state index contributed by atoms with van der Waals surface area (Å²) in [5, 5.41) is 9.60. The van der Waals surface area contributed by atoms with Crippen molar-refractivity contribution in [2.75, 3.05) is 19.7 Å². The second kappa shape index (κ2) is 7.33. The number of ether oxygens (including phenoxy) is 1. The van der Waals surface area contributed by atoms with Gasteiger partial charge in [-0.15, -0.1) is 0 Å². The Morgan fingerprint density at radius 1 is 1.20 bits per heavy atom. The van der Waals surface area contributed by atoms with E-state index < -0.39 is 5.82 Å². The SMILES string of the molecule is O=C(COc1ccc(Cl)c(F)c1)NC12CC(NC(=O)C3CNC4NNCC4C3)(C1)C2. The van der Waals surface area contributed by atoms with Gasteiger partial charge in [-0.2, -0.15) is 0 Å². The van der Waals surface area contributed by atoms with Crippen LogP contribution in [-0.2, 0) is 9.59 Å². The molecule has 1 aromatic rings. The van der Waals surface area contributed by atoms with Gasteiger partial charge in [-0.25, -0.2) is 9.82 Å². The monoisotopic (exact) mass is 437 g/mol. The van der Waals surface area contributed by atoms with Crippen LogP contribution in [0.3, 0.4) is 0 Å². The van der Waals surface area contributed by atoms with E-state index in [1.807, 2.05) is 0 Å². The van der Waals surface area contributed by atoms with Crippen LogP contribution in [-0.4, -0.2) is 48.8 Å². The van der Waals surface area contributed by atoms with Crippen LogP contribution >= 0.6 is 11.6 Å². The van der Waals surface area contributed by atoms with Crippen molar-refractivity contribution in [2.24, 2.45) is 11.8 Å². The number of hydrazine groups is 1. The van der Waals surface area contributed by atoms with E-state index in [-0.39, 0.29) is 52.4 Å². The van der Waals surface area contributed by atoms with Crippen LogP contribution in [0.2, 0.25) is 5.02 Å². The number of nitrogens with one attached hydrogen (secondary N) is 5. The first-order valence-electron chi connectivity index (χ1n) is 10.3. The number of hydrogen-bond acceptors (Lipinski definition) is 6. The Labute approximate surface area is 178 Å². The van der Waals surface area contributed by atoms with Crippen molar-refractivity contribution < 1.29 is 18.7 Å². The minimum absolute atomic E-state index is 0.00779. The van der Waals surface area contributed by atoms with Crippen LogP contribution in [0.1, 0.15) is 25.7 Å². The molecule has 2 heterocycles. The van der Waals surface area contributed by atoms with Gasteiger partial charge in [0.2, 0.25) is 5.91 Å². The number of carbonyl (C=O) groups excluding carboxylic acids is 2. The molecule has 162 valence electrons. The van der Waals surface area contributed by atoms with E-state index in [1.165, 1.54) is 12.1 Å². The molecule has 5 N–H and O–H groups in total. The highest BCUT2D eigenvalue weighted by molar-refractivity contribution is 6.30. The molecule has 1 aromatic carbocycles. The molecule has 8 nitrogen and oxygen atoms in total. The topological polar surface area (TPSA) is 104 Å². The molecule has 2 amide bonds. The van der Waals surface area contributed by atoms with Crippen molar-refractivity contribution in [3.63, 3.8) is 0 Å². The molecule has 5 aliphatic rings. The molecule has 3 atom stereocenters. The number of hydrogen-bond donors (Lipinski definition) is 5. The summed E-state index contributed by atoms with van der Waals surface area (Å²) in [5.41, 5.74) is 5.87. The van der Waals surface area contributed by atoms with Crippen LogP contribution in [0, 0.1) is 17.7 Å². The molecule has 3 unspecified atom stereocenters. The Hall–Kier alpha value is -1.94. The predicted octanol–water partition coefficient (Wildman–Crippen LogP) is 0.425. The molecular weight excluding hydrogens is 413 g/mol. The van der Waals surface area contributed by atoms with Gasteiger partial charge < -0.3 is 15.4 Å². The van der Waals surface area contributed by atoms with Gasteiger partial charge in [0.1, 0.15) is 11.6 Å². The number of piperidine rings is 1. The number of fused-ring (bicyclic) bond motifs is 1. The van der Waals surface area contributed by atoms with E-state index in [2.05, 4.69) is 26.8 Å². The Balaban J connectivity index is 1.05. The van der Waals surface area contributed by atoms with Crippen LogP contribution in [0.4, 0.5) is 4.39 Å². The summed E-state index contributed by atoms with van der Waals surface area (Å²) in [5.74, 6) is -0.0996. The lowest BCUT2D eigenvalue weighted by Gasteiger charge is -2.70. The average molecular weight is 438 g/mol. The first-order chi connectivity index (χ1) is 14.4. The summed E-state index contributed by atoms with van der Waals surface area (Å²) >= 11 is 5.64. The van der Waals surface area contributed by atoms with Gasteiger partial charge in [-0.1, -0.05) is 11.6 Å². The summed E-state index contributed by atoms with van der Waals surface area (Å²) in [6, 6.07) is 4.06. The van der Waals surface area contributed by atoms with Crippen molar-refractivity contribution in [3.8, 4) is 5.75 Å². The number of rotatable bonds is 6. The highest BCUT2D eigenvalue weighted by Crippen LogP contribution is 2.60. The number of benzene rings is 1. The zero-order valence-electron chi connectivity index (χ0n) is 16.4.